The van der Waals surface area contributed by atoms with Gasteiger partial charge in [-0.25, -0.2) is 8.42 Å². The Morgan fingerprint density at radius 3 is 2.63 bits per heavy atom. The average Bonchev–Trinajstić information content (AvgIpc) is 2.30. The number of hydrogen-bond donors (Lipinski definition) is 1. The van der Waals surface area contributed by atoms with Crippen molar-refractivity contribution in [2.45, 2.75) is 24.8 Å². The Morgan fingerprint density at radius 1 is 1.47 bits per heavy atom. The minimum Gasteiger partial charge on any atom is -0.479 e. The quantitative estimate of drug-likeness (QED) is 0.842. The van der Waals surface area contributed by atoms with Gasteiger partial charge in [0.15, 0.2) is 6.10 Å². The van der Waals surface area contributed by atoms with Gasteiger partial charge in [-0.3, -0.25) is 4.79 Å². The van der Waals surface area contributed by atoms with Crippen LogP contribution in [-0.2, 0) is 13.8 Å². The molecular formula is C11H13Cl2NO4S. The largest absolute Gasteiger partial charge is 0.479 e. The van der Waals surface area contributed by atoms with Gasteiger partial charge in [0.05, 0.1) is 0 Å². The van der Waals surface area contributed by atoms with E-state index in [1.165, 1.54) is 25.1 Å². The Bertz CT molecular complexity index is 574. The Hall–Kier alpha value is -0.980. The minimum atomic E-state index is -4.01. The number of benzene rings is 1. The zero-order valence-electron chi connectivity index (χ0n) is 10.3. The molecule has 1 atom stereocenters. The van der Waals surface area contributed by atoms with Crippen molar-refractivity contribution in [1.29, 1.82) is 0 Å². The van der Waals surface area contributed by atoms with Crippen molar-refractivity contribution >= 4 is 37.2 Å². The first kappa shape index (κ1) is 16.1. The number of carbonyl (C=O) groups excluding carboxylic acids is 1. The average molecular weight is 326 g/mol. The van der Waals surface area contributed by atoms with Crippen molar-refractivity contribution in [1.82, 2.24) is 5.32 Å². The van der Waals surface area contributed by atoms with Crippen molar-refractivity contribution < 1.29 is 17.9 Å². The molecule has 106 valence electrons. The van der Waals surface area contributed by atoms with Crippen molar-refractivity contribution in [2.75, 3.05) is 6.54 Å². The smallest absolute Gasteiger partial charge is 0.265 e. The standard InChI is InChI=1S/C11H13Cl2NO4S/c1-3-14-11(15)7(2)18-9-5-4-8(12)6-10(9)19(13,16)17/h4-7H,3H2,1-2H3,(H,14,15). The highest BCUT2D eigenvalue weighted by atomic mass is 35.7. The molecule has 1 amide bonds. The number of rotatable bonds is 5. The summed E-state index contributed by atoms with van der Waals surface area (Å²) < 4.78 is 28.1. The lowest BCUT2D eigenvalue weighted by Crippen LogP contribution is -2.36. The van der Waals surface area contributed by atoms with Crippen molar-refractivity contribution in [2.24, 2.45) is 0 Å². The van der Waals surface area contributed by atoms with Gasteiger partial charge in [-0.15, -0.1) is 0 Å². The second kappa shape index (κ2) is 6.45. The van der Waals surface area contributed by atoms with Crippen LogP contribution in [0.1, 0.15) is 13.8 Å². The molecule has 8 heteroatoms. The third-order valence-corrected chi connectivity index (χ3v) is 3.77. The molecule has 1 N–H and O–H groups in total. The molecule has 1 aromatic carbocycles. The molecule has 1 aromatic rings. The first-order valence-electron chi connectivity index (χ1n) is 5.44. The molecule has 1 rings (SSSR count). The lowest BCUT2D eigenvalue weighted by molar-refractivity contribution is -0.127. The van der Waals surface area contributed by atoms with Crippen LogP contribution in [0.25, 0.3) is 0 Å². The van der Waals surface area contributed by atoms with E-state index < -0.39 is 15.2 Å². The zero-order valence-corrected chi connectivity index (χ0v) is 12.6. The van der Waals surface area contributed by atoms with Gasteiger partial charge in [-0.2, -0.15) is 0 Å². The predicted octanol–water partition coefficient (Wildman–Crippen LogP) is 2.17. The first-order valence-corrected chi connectivity index (χ1v) is 8.13. The SMILES string of the molecule is CCNC(=O)C(C)Oc1ccc(Cl)cc1S(=O)(=O)Cl. The highest BCUT2D eigenvalue weighted by Crippen LogP contribution is 2.30. The molecule has 5 nitrogen and oxygen atoms in total. The Labute approximate surface area is 121 Å². The van der Waals surface area contributed by atoms with E-state index in [-0.39, 0.29) is 21.6 Å². The maximum atomic E-state index is 11.5. The van der Waals surface area contributed by atoms with E-state index in [9.17, 15) is 13.2 Å². The molecule has 0 saturated carbocycles. The van der Waals surface area contributed by atoms with Crippen LogP contribution in [0.2, 0.25) is 5.02 Å². The van der Waals surface area contributed by atoms with Crippen LogP contribution in [0.5, 0.6) is 5.75 Å². The van der Waals surface area contributed by atoms with Crippen LogP contribution in [-0.4, -0.2) is 27.0 Å². The summed E-state index contributed by atoms with van der Waals surface area (Å²) >= 11 is 5.71. The van der Waals surface area contributed by atoms with Crippen molar-refractivity contribution in [3.8, 4) is 5.75 Å². The number of halogens is 2. The summed E-state index contributed by atoms with van der Waals surface area (Å²) in [5, 5.41) is 2.77. The van der Waals surface area contributed by atoms with Crippen molar-refractivity contribution in [3.63, 3.8) is 0 Å². The highest BCUT2D eigenvalue weighted by molar-refractivity contribution is 8.13. The second-order valence-electron chi connectivity index (χ2n) is 3.68. The molecule has 0 aliphatic heterocycles. The first-order chi connectivity index (χ1) is 8.75. The van der Waals surface area contributed by atoms with E-state index >= 15 is 0 Å². The normalized spacial score (nSPS) is 12.8. The van der Waals surface area contributed by atoms with Crippen LogP contribution < -0.4 is 10.1 Å². The predicted molar refractivity (Wildman–Crippen MR) is 73.3 cm³/mol. The Kier molecular flexibility index (Phi) is 5.46. The molecule has 19 heavy (non-hydrogen) atoms. The van der Waals surface area contributed by atoms with E-state index in [2.05, 4.69) is 5.32 Å². The van der Waals surface area contributed by atoms with Gasteiger partial charge in [-0.05, 0) is 32.0 Å². The van der Waals surface area contributed by atoms with E-state index in [0.29, 0.717) is 6.54 Å². The van der Waals surface area contributed by atoms with Crippen LogP contribution in [0.3, 0.4) is 0 Å². The second-order valence-corrected chi connectivity index (χ2v) is 6.65. The summed E-state index contributed by atoms with van der Waals surface area (Å²) in [6.07, 6.45) is -0.849. The molecule has 0 heterocycles. The van der Waals surface area contributed by atoms with Gasteiger partial charge in [0.2, 0.25) is 0 Å². The number of likely N-dealkylation sites (N-methyl/N-ethyl adjacent to an activating group) is 1. The van der Waals surface area contributed by atoms with Gasteiger partial charge >= 0.3 is 0 Å². The fourth-order valence-electron chi connectivity index (χ4n) is 1.33. The van der Waals surface area contributed by atoms with Crippen LogP contribution in [0, 0.1) is 0 Å². The van der Waals surface area contributed by atoms with Gasteiger partial charge in [0, 0.05) is 22.2 Å². The monoisotopic (exact) mass is 325 g/mol. The van der Waals surface area contributed by atoms with Gasteiger partial charge < -0.3 is 10.1 Å². The number of ether oxygens (including phenoxy) is 1. The Morgan fingerprint density at radius 2 is 2.11 bits per heavy atom. The lowest BCUT2D eigenvalue weighted by Gasteiger charge is -2.16. The Balaban J connectivity index is 3.05. The summed E-state index contributed by atoms with van der Waals surface area (Å²) in [6.45, 7) is 3.72. The van der Waals surface area contributed by atoms with E-state index in [1.807, 2.05) is 0 Å². The summed E-state index contributed by atoms with van der Waals surface area (Å²) in [5.74, 6) is -0.367. The number of nitrogens with one attached hydrogen (secondary N) is 1. The molecule has 0 bridgehead atoms. The number of carbonyl (C=O) groups is 1. The van der Waals surface area contributed by atoms with Gasteiger partial charge in [-0.1, -0.05) is 11.6 Å². The van der Waals surface area contributed by atoms with E-state index in [4.69, 9.17) is 27.0 Å². The molecule has 0 aliphatic rings. The summed E-state index contributed by atoms with van der Waals surface area (Å²) in [4.78, 5) is 11.3. The van der Waals surface area contributed by atoms with Crippen LogP contribution in [0.4, 0.5) is 0 Å². The summed E-state index contributed by atoms with van der Waals surface area (Å²) in [5.41, 5.74) is 0. The topological polar surface area (TPSA) is 72.5 Å². The highest BCUT2D eigenvalue weighted by Gasteiger charge is 2.21. The fourth-order valence-corrected chi connectivity index (χ4v) is 2.55. The summed E-state index contributed by atoms with van der Waals surface area (Å²) in [7, 11) is 1.28. The third kappa shape index (κ3) is 4.56. The molecule has 0 saturated heterocycles. The van der Waals surface area contributed by atoms with Gasteiger partial charge in [0.25, 0.3) is 15.0 Å². The number of hydrogen-bond acceptors (Lipinski definition) is 4. The molecule has 0 aromatic heterocycles. The molecule has 0 aliphatic carbocycles. The molecular weight excluding hydrogens is 313 g/mol. The maximum Gasteiger partial charge on any atom is 0.265 e. The zero-order chi connectivity index (χ0) is 14.6. The fraction of sp³-hybridized carbons (Fsp3) is 0.364. The maximum absolute atomic E-state index is 11.5. The van der Waals surface area contributed by atoms with Crippen molar-refractivity contribution in [3.05, 3.63) is 23.2 Å². The molecule has 1 unspecified atom stereocenters. The van der Waals surface area contributed by atoms with E-state index in [1.54, 1.807) is 6.92 Å². The lowest BCUT2D eigenvalue weighted by atomic mass is 10.3. The summed E-state index contributed by atoms with van der Waals surface area (Å²) in [6, 6.07) is 3.98. The molecule has 0 radical (unpaired) electrons. The number of amides is 1. The molecule has 0 fully saturated rings. The van der Waals surface area contributed by atoms with Gasteiger partial charge in [0.1, 0.15) is 10.6 Å². The van der Waals surface area contributed by atoms with Crippen LogP contribution >= 0.6 is 22.3 Å². The van der Waals surface area contributed by atoms with Crippen LogP contribution in [0.15, 0.2) is 23.1 Å². The minimum absolute atomic E-state index is 0.0156. The third-order valence-electron chi connectivity index (χ3n) is 2.19. The van der Waals surface area contributed by atoms with E-state index in [0.717, 1.165) is 0 Å². The molecule has 0 spiro atoms.